The van der Waals surface area contributed by atoms with Crippen LogP contribution in [-0.2, 0) is 0 Å². The van der Waals surface area contributed by atoms with E-state index in [9.17, 15) is 14.4 Å². The first-order valence-corrected chi connectivity index (χ1v) is 3.41. The average molecular weight is 219 g/mol. The Balaban J connectivity index is 3.61. The molecule has 0 radical (unpaired) electrons. The van der Waals surface area contributed by atoms with Crippen molar-refractivity contribution in [2.24, 2.45) is 0 Å². The van der Waals surface area contributed by atoms with Crippen molar-refractivity contribution in [3.8, 4) is 0 Å². The maximum atomic E-state index is 10.7. The number of aldehydes is 1. The third kappa shape index (κ3) is 1.45. The molecule has 6 heteroatoms. The fourth-order valence-electron chi connectivity index (χ4n) is 0.570. The highest BCUT2D eigenvalue weighted by Gasteiger charge is 2.03. The van der Waals surface area contributed by atoms with E-state index < -0.39 is 11.2 Å². The second-order valence-electron chi connectivity index (χ2n) is 1.75. The van der Waals surface area contributed by atoms with E-state index in [0.29, 0.717) is 6.29 Å². The monoisotopic (exact) mass is 218 g/mol. The van der Waals surface area contributed by atoms with E-state index in [1.807, 2.05) is 4.98 Å². The molecule has 58 valence electrons. The van der Waals surface area contributed by atoms with Crippen molar-refractivity contribution < 1.29 is 4.79 Å². The second kappa shape index (κ2) is 2.83. The molecular formula is C5H3BrN2O3. The lowest BCUT2D eigenvalue weighted by molar-refractivity contribution is 0.111. The fraction of sp³-hybridized carbons (Fsp3) is 0. The van der Waals surface area contributed by atoms with E-state index >= 15 is 0 Å². The Morgan fingerprint density at radius 3 is 2.45 bits per heavy atom. The molecule has 0 fully saturated rings. The molecule has 0 atom stereocenters. The molecule has 1 aromatic rings. The number of nitrogens with one attached hydrogen (secondary N) is 2. The summed E-state index contributed by atoms with van der Waals surface area (Å²) in [6.45, 7) is 0. The van der Waals surface area contributed by atoms with Gasteiger partial charge in [0, 0.05) is 0 Å². The average Bonchev–Trinajstić information content (AvgIpc) is 1.96. The standard InChI is InChI=1S/C5H3BrN2O3/c6-3-2(1-9)7-5(11)8-4(3)10/h1H,(H2,7,8,10,11). The zero-order valence-corrected chi connectivity index (χ0v) is 6.77. The molecule has 0 saturated carbocycles. The van der Waals surface area contributed by atoms with Gasteiger partial charge in [0.15, 0.2) is 6.29 Å². The summed E-state index contributed by atoms with van der Waals surface area (Å²) in [4.78, 5) is 35.5. The van der Waals surface area contributed by atoms with Crippen LogP contribution in [0, 0.1) is 0 Å². The molecule has 1 heterocycles. The van der Waals surface area contributed by atoms with E-state index in [1.165, 1.54) is 0 Å². The summed E-state index contributed by atoms with van der Waals surface area (Å²) in [5, 5.41) is 0. The maximum absolute atomic E-state index is 10.7. The summed E-state index contributed by atoms with van der Waals surface area (Å²) in [6, 6.07) is 0. The predicted molar refractivity (Wildman–Crippen MR) is 40.8 cm³/mol. The topological polar surface area (TPSA) is 82.8 Å². The van der Waals surface area contributed by atoms with Crippen molar-refractivity contribution in [1.29, 1.82) is 0 Å². The Kier molecular flexibility index (Phi) is 2.04. The zero-order valence-electron chi connectivity index (χ0n) is 5.18. The molecule has 1 aromatic heterocycles. The van der Waals surface area contributed by atoms with Crippen molar-refractivity contribution in [2.75, 3.05) is 0 Å². The molecule has 0 saturated heterocycles. The van der Waals surface area contributed by atoms with Gasteiger partial charge in [-0.05, 0) is 15.9 Å². The van der Waals surface area contributed by atoms with E-state index in [2.05, 4.69) is 20.9 Å². The van der Waals surface area contributed by atoms with Crippen molar-refractivity contribution >= 4 is 22.2 Å². The van der Waals surface area contributed by atoms with Crippen LogP contribution in [0.15, 0.2) is 14.1 Å². The van der Waals surface area contributed by atoms with E-state index in [0.717, 1.165) is 0 Å². The van der Waals surface area contributed by atoms with Crippen molar-refractivity contribution in [2.45, 2.75) is 0 Å². The number of carbonyl (C=O) groups is 1. The molecule has 0 unspecified atom stereocenters. The van der Waals surface area contributed by atoms with Gasteiger partial charge in [-0.1, -0.05) is 0 Å². The first-order valence-electron chi connectivity index (χ1n) is 2.62. The molecule has 0 aliphatic carbocycles. The number of hydrogen-bond donors (Lipinski definition) is 2. The van der Waals surface area contributed by atoms with E-state index in [4.69, 9.17) is 0 Å². The third-order valence-corrected chi connectivity index (χ3v) is 1.82. The van der Waals surface area contributed by atoms with Gasteiger partial charge < -0.3 is 4.98 Å². The number of halogens is 1. The van der Waals surface area contributed by atoms with Gasteiger partial charge in [-0.25, -0.2) is 4.79 Å². The summed E-state index contributed by atoms with van der Waals surface area (Å²) in [5.41, 5.74) is -1.37. The minimum absolute atomic E-state index is 0.0344. The molecule has 0 aliphatic heterocycles. The van der Waals surface area contributed by atoms with Crippen LogP contribution in [0.1, 0.15) is 10.5 Å². The number of hydrogen-bond acceptors (Lipinski definition) is 3. The summed E-state index contributed by atoms with van der Waals surface area (Å²) >= 11 is 2.83. The normalized spacial score (nSPS) is 9.55. The minimum atomic E-state index is -0.694. The van der Waals surface area contributed by atoms with Crippen molar-refractivity contribution in [3.05, 3.63) is 31.0 Å². The number of aromatic amines is 2. The summed E-state index contributed by atoms with van der Waals surface area (Å²) in [5.74, 6) is 0. The molecule has 0 amide bonds. The first-order chi connectivity index (χ1) is 5.15. The van der Waals surface area contributed by atoms with Crippen LogP contribution in [0.25, 0.3) is 0 Å². The Bertz CT molecular complexity index is 391. The summed E-state index contributed by atoms with van der Waals surface area (Å²) < 4.78 is 0.0344. The molecule has 1 rings (SSSR count). The highest BCUT2D eigenvalue weighted by atomic mass is 79.9. The lowest BCUT2D eigenvalue weighted by Gasteiger charge is -1.91. The van der Waals surface area contributed by atoms with Gasteiger partial charge >= 0.3 is 5.69 Å². The van der Waals surface area contributed by atoms with Crippen LogP contribution in [0.5, 0.6) is 0 Å². The highest BCUT2D eigenvalue weighted by molar-refractivity contribution is 9.10. The van der Waals surface area contributed by atoms with Gasteiger partial charge in [0.25, 0.3) is 5.56 Å². The lowest BCUT2D eigenvalue weighted by atomic mass is 10.4. The molecule has 5 nitrogen and oxygen atoms in total. The molecule has 0 spiro atoms. The van der Waals surface area contributed by atoms with Gasteiger partial charge in [-0.15, -0.1) is 0 Å². The Morgan fingerprint density at radius 2 is 1.91 bits per heavy atom. The number of carbonyl (C=O) groups excluding carboxylic acids is 1. The predicted octanol–water partition coefficient (Wildman–Crippen LogP) is -0.362. The number of H-pyrrole nitrogens is 2. The molecule has 0 aliphatic rings. The summed E-state index contributed by atoms with van der Waals surface area (Å²) in [6.07, 6.45) is 0.390. The second-order valence-corrected chi connectivity index (χ2v) is 2.55. The highest BCUT2D eigenvalue weighted by Crippen LogP contribution is 2.01. The molecule has 0 aromatic carbocycles. The van der Waals surface area contributed by atoms with Crippen LogP contribution in [0.2, 0.25) is 0 Å². The van der Waals surface area contributed by atoms with Gasteiger partial charge in [-0.3, -0.25) is 14.6 Å². The van der Waals surface area contributed by atoms with Crippen LogP contribution < -0.4 is 11.2 Å². The maximum Gasteiger partial charge on any atom is 0.326 e. The quantitative estimate of drug-likeness (QED) is 0.632. The Morgan fingerprint density at radius 1 is 1.27 bits per heavy atom. The molecule has 11 heavy (non-hydrogen) atoms. The van der Waals surface area contributed by atoms with Gasteiger partial charge in [0.2, 0.25) is 0 Å². The van der Waals surface area contributed by atoms with Gasteiger partial charge in [0.1, 0.15) is 10.2 Å². The molecular weight excluding hydrogens is 216 g/mol. The molecule has 2 N–H and O–H groups in total. The van der Waals surface area contributed by atoms with Crippen molar-refractivity contribution in [3.63, 3.8) is 0 Å². The first kappa shape index (κ1) is 7.93. The van der Waals surface area contributed by atoms with Crippen LogP contribution in [-0.4, -0.2) is 16.3 Å². The number of rotatable bonds is 1. The number of aromatic nitrogens is 2. The third-order valence-electron chi connectivity index (χ3n) is 1.03. The Hall–Kier alpha value is -1.17. The van der Waals surface area contributed by atoms with E-state index in [1.54, 1.807) is 0 Å². The molecule has 0 bridgehead atoms. The smallest absolute Gasteiger partial charge is 0.304 e. The van der Waals surface area contributed by atoms with Crippen molar-refractivity contribution in [1.82, 2.24) is 9.97 Å². The zero-order chi connectivity index (χ0) is 8.43. The van der Waals surface area contributed by atoms with Gasteiger partial charge in [0.05, 0.1) is 0 Å². The van der Waals surface area contributed by atoms with Crippen LogP contribution in [0.4, 0.5) is 0 Å². The largest absolute Gasteiger partial charge is 0.326 e. The SMILES string of the molecule is O=Cc1[nH]c(=O)[nH]c(=O)c1Br. The fourth-order valence-corrected chi connectivity index (χ4v) is 0.862. The summed E-state index contributed by atoms with van der Waals surface area (Å²) in [7, 11) is 0. The lowest BCUT2D eigenvalue weighted by Crippen LogP contribution is -2.24. The van der Waals surface area contributed by atoms with Crippen LogP contribution >= 0.6 is 15.9 Å². The van der Waals surface area contributed by atoms with Crippen LogP contribution in [0.3, 0.4) is 0 Å². The van der Waals surface area contributed by atoms with Gasteiger partial charge in [-0.2, -0.15) is 0 Å². The minimum Gasteiger partial charge on any atom is -0.304 e. The van der Waals surface area contributed by atoms with E-state index in [-0.39, 0.29) is 10.2 Å². The Labute approximate surface area is 68.6 Å².